The number of carbonyl (C=O) groups excluding carboxylic acids is 5. The Morgan fingerprint density at radius 1 is 0.821 bits per heavy atom. The molecule has 0 bridgehead atoms. The van der Waals surface area contributed by atoms with Crippen LogP contribution in [0.2, 0.25) is 0 Å². The van der Waals surface area contributed by atoms with E-state index in [0.29, 0.717) is 0 Å². The van der Waals surface area contributed by atoms with Gasteiger partial charge in [0.05, 0.1) is 5.75 Å². The molecule has 0 aliphatic carbocycles. The van der Waals surface area contributed by atoms with Crippen molar-refractivity contribution in [2.75, 3.05) is 12.4 Å². The molecule has 158 valence electrons. The van der Waals surface area contributed by atoms with Crippen molar-refractivity contribution in [2.24, 2.45) is 5.73 Å². The molecule has 0 aromatic rings. The summed E-state index contributed by atoms with van der Waals surface area (Å²) >= 11 is 0.899. The second-order valence-electron chi connectivity index (χ2n) is 5.84. The topological polar surface area (TPSA) is 158 Å². The molecule has 5 atom stereocenters. The molecule has 0 spiro atoms. The molecule has 1 rings (SSSR count). The molecule has 1 heterocycles. The number of carbonyl (C=O) groups is 5. The minimum Gasteiger partial charge on any atom is -0.463 e. The number of ether oxygens (including phenoxy) is 5. The summed E-state index contributed by atoms with van der Waals surface area (Å²) in [6.45, 7) is 4.23. The van der Waals surface area contributed by atoms with Gasteiger partial charge in [-0.15, -0.1) is 11.8 Å². The van der Waals surface area contributed by atoms with Crippen LogP contribution in [0.1, 0.15) is 27.7 Å². The summed E-state index contributed by atoms with van der Waals surface area (Å²) in [5.74, 6) is -3.62. The zero-order valence-electron chi connectivity index (χ0n) is 15.9. The molecule has 0 aromatic carbocycles. The van der Waals surface area contributed by atoms with Gasteiger partial charge in [-0.25, -0.2) is 0 Å². The van der Waals surface area contributed by atoms with Gasteiger partial charge in [0.2, 0.25) is 5.91 Å². The smallest absolute Gasteiger partial charge is 0.303 e. The van der Waals surface area contributed by atoms with Crippen molar-refractivity contribution in [1.82, 2.24) is 0 Å². The van der Waals surface area contributed by atoms with Crippen LogP contribution in [0.5, 0.6) is 0 Å². The lowest BCUT2D eigenvalue weighted by molar-refractivity contribution is -0.237. The van der Waals surface area contributed by atoms with E-state index in [-0.39, 0.29) is 12.4 Å². The normalized spacial score (nSPS) is 26.6. The second-order valence-corrected chi connectivity index (χ2v) is 6.93. The fourth-order valence-corrected chi connectivity index (χ4v) is 3.44. The summed E-state index contributed by atoms with van der Waals surface area (Å²) in [6, 6.07) is 0. The molecule has 11 nitrogen and oxygen atoms in total. The van der Waals surface area contributed by atoms with Crippen LogP contribution in [0.3, 0.4) is 0 Å². The highest BCUT2D eigenvalue weighted by molar-refractivity contribution is 8.00. The molecular formula is C16H23NO10S. The van der Waals surface area contributed by atoms with E-state index in [1.807, 2.05) is 0 Å². The molecule has 1 aliphatic heterocycles. The van der Waals surface area contributed by atoms with E-state index < -0.39 is 59.6 Å². The van der Waals surface area contributed by atoms with Crippen LogP contribution in [-0.4, -0.2) is 72.0 Å². The highest BCUT2D eigenvalue weighted by Gasteiger charge is 2.52. The first-order chi connectivity index (χ1) is 13.0. The van der Waals surface area contributed by atoms with Crippen LogP contribution in [-0.2, 0) is 47.7 Å². The van der Waals surface area contributed by atoms with E-state index in [0.717, 1.165) is 32.5 Å². The van der Waals surface area contributed by atoms with Gasteiger partial charge in [0.15, 0.2) is 18.3 Å². The van der Waals surface area contributed by atoms with Crippen molar-refractivity contribution in [1.29, 1.82) is 0 Å². The van der Waals surface area contributed by atoms with Gasteiger partial charge >= 0.3 is 23.9 Å². The molecule has 1 saturated heterocycles. The van der Waals surface area contributed by atoms with Crippen LogP contribution in [0.15, 0.2) is 0 Å². The van der Waals surface area contributed by atoms with E-state index >= 15 is 0 Å². The Morgan fingerprint density at radius 2 is 1.32 bits per heavy atom. The van der Waals surface area contributed by atoms with Crippen LogP contribution < -0.4 is 5.73 Å². The van der Waals surface area contributed by atoms with E-state index in [2.05, 4.69) is 0 Å². The lowest BCUT2D eigenvalue weighted by Crippen LogP contribution is -2.61. The van der Waals surface area contributed by atoms with Gasteiger partial charge in [0, 0.05) is 27.7 Å². The first-order valence-electron chi connectivity index (χ1n) is 8.21. The summed E-state index contributed by atoms with van der Waals surface area (Å²) < 4.78 is 26.4. The maximum Gasteiger partial charge on any atom is 0.303 e. The van der Waals surface area contributed by atoms with Crippen LogP contribution in [0, 0.1) is 0 Å². The largest absolute Gasteiger partial charge is 0.463 e. The van der Waals surface area contributed by atoms with Gasteiger partial charge in [-0.1, -0.05) is 0 Å². The summed E-state index contributed by atoms with van der Waals surface area (Å²) in [7, 11) is 0. The van der Waals surface area contributed by atoms with Gasteiger partial charge in [0.1, 0.15) is 18.1 Å². The minimum atomic E-state index is -1.26. The highest BCUT2D eigenvalue weighted by Crippen LogP contribution is 2.34. The number of nitrogens with two attached hydrogens (primary N) is 1. The van der Waals surface area contributed by atoms with E-state index in [9.17, 15) is 24.0 Å². The van der Waals surface area contributed by atoms with E-state index in [1.165, 1.54) is 6.92 Å². The van der Waals surface area contributed by atoms with Gasteiger partial charge in [-0.05, 0) is 0 Å². The maximum atomic E-state index is 11.6. The monoisotopic (exact) mass is 421 g/mol. The van der Waals surface area contributed by atoms with Gasteiger partial charge < -0.3 is 29.4 Å². The Bertz CT molecular complexity index is 581. The van der Waals surface area contributed by atoms with Crippen molar-refractivity contribution >= 4 is 41.5 Å². The fraction of sp³-hybridized carbons (Fsp3) is 0.688. The number of rotatable bonds is 8. The summed E-state index contributed by atoms with van der Waals surface area (Å²) in [4.78, 5) is 57.0. The Morgan fingerprint density at radius 3 is 1.79 bits per heavy atom. The van der Waals surface area contributed by atoms with Crippen LogP contribution in [0.25, 0.3) is 0 Å². The third-order valence-corrected chi connectivity index (χ3v) is 4.50. The Labute approximate surface area is 165 Å². The average Bonchev–Trinajstić information content (AvgIpc) is 2.54. The number of primary amides is 1. The molecule has 0 radical (unpaired) electrons. The minimum absolute atomic E-state index is 0.187. The number of hydrogen-bond donors (Lipinski definition) is 1. The van der Waals surface area contributed by atoms with Crippen LogP contribution in [0.4, 0.5) is 0 Å². The molecule has 0 unspecified atom stereocenters. The quantitative estimate of drug-likeness (QED) is 0.390. The molecule has 1 amide bonds. The SMILES string of the molecule is CC(=O)OC[C@H]1O[C@@H](SCC(N)=O)[C@H](OC(C)=O)[C@@H](OC(C)=O)[C@@H]1OC(C)=O. The zero-order valence-corrected chi connectivity index (χ0v) is 16.7. The van der Waals surface area contributed by atoms with Crippen molar-refractivity contribution in [3.05, 3.63) is 0 Å². The molecule has 0 aromatic heterocycles. The number of thioether (sulfide) groups is 1. The summed E-state index contributed by atoms with van der Waals surface area (Å²) in [5.41, 5.74) is 4.14. The van der Waals surface area contributed by atoms with Gasteiger partial charge in [-0.2, -0.15) is 0 Å². The zero-order chi connectivity index (χ0) is 21.4. The molecule has 28 heavy (non-hydrogen) atoms. The third-order valence-electron chi connectivity index (χ3n) is 3.34. The molecule has 12 heteroatoms. The Hall–Kier alpha value is -2.34. The predicted molar refractivity (Wildman–Crippen MR) is 93.6 cm³/mol. The second kappa shape index (κ2) is 10.9. The van der Waals surface area contributed by atoms with E-state index in [4.69, 9.17) is 29.4 Å². The van der Waals surface area contributed by atoms with E-state index in [1.54, 1.807) is 0 Å². The molecule has 2 N–H and O–H groups in total. The molecule has 1 aliphatic rings. The summed E-state index contributed by atoms with van der Waals surface area (Å²) in [6.07, 6.45) is -4.74. The molecule has 0 saturated carbocycles. The van der Waals surface area contributed by atoms with Crippen LogP contribution >= 0.6 is 11.8 Å². The first-order valence-corrected chi connectivity index (χ1v) is 9.26. The van der Waals surface area contributed by atoms with Crippen molar-refractivity contribution in [2.45, 2.75) is 57.5 Å². The molecular weight excluding hydrogens is 398 g/mol. The van der Waals surface area contributed by atoms with Crippen molar-refractivity contribution < 1.29 is 47.7 Å². The van der Waals surface area contributed by atoms with Crippen molar-refractivity contribution in [3.63, 3.8) is 0 Å². The first kappa shape index (κ1) is 23.7. The maximum absolute atomic E-state index is 11.6. The highest BCUT2D eigenvalue weighted by atomic mass is 32.2. The summed E-state index contributed by atoms with van der Waals surface area (Å²) in [5, 5.41) is 0. The lowest BCUT2D eigenvalue weighted by Gasteiger charge is -2.44. The number of esters is 4. The predicted octanol–water partition coefficient (Wildman–Crippen LogP) is -0.712. The number of hydrogen-bond acceptors (Lipinski definition) is 11. The number of amides is 1. The Balaban J connectivity index is 3.26. The lowest BCUT2D eigenvalue weighted by atomic mass is 9.99. The third kappa shape index (κ3) is 7.72. The Kier molecular flexibility index (Phi) is 9.19. The van der Waals surface area contributed by atoms with Gasteiger partial charge in [-0.3, -0.25) is 24.0 Å². The molecule has 1 fully saturated rings. The van der Waals surface area contributed by atoms with Crippen molar-refractivity contribution in [3.8, 4) is 0 Å². The standard InChI is InChI=1S/C16H23NO10S/c1-7(18)23-5-11-13(24-8(2)19)14(25-9(3)20)15(26-10(4)21)16(27-11)28-6-12(17)22/h11,13-16H,5-6H2,1-4H3,(H2,17,22)/t11-,13-,14+,15-,16+/m1/s1. The average molecular weight is 421 g/mol. The van der Waals surface area contributed by atoms with Gasteiger partial charge in [0.25, 0.3) is 0 Å². The fourth-order valence-electron chi connectivity index (χ4n) is 2.49.